The van der Waals surface area contributed by atoms with E-state index in [1.54, 1.807) is 0 Å². The van der Waals surface area contributed by atoms with Crippen LogP contribution in [0.3, 0.4) is 0 Å². The van der Waals surface area contributed by atoms with Gasteiger partial charge in [-0.2, -0.15) is 0 Å². The minimum Gasteiger partial charge on any atom is -0.462 e. The second-order valence-corrected chi connectivity index (χ2v) is 20.6. The van der Waals surface area contributed by atoms with Crippen LogP contribution in [0.15, 0.2) is 60.8 Å². The normalized spacial score (nSPS) is 12.4. The van der Waals surface area contributed by atoms with E-state index in [0.29, 0.717) is 19.3 Å². The van der Waals surface area contributed by atoms with Gasteiger partial charge >= 0.3 is 17.9 Å². The molecule has 1 unspecified atom stereocenters. The van der Waals surface area contributed by atoms with Crippen LogP contribution in [0, 0.1) is 0 Å². The van der Waals surface area contributed by atoms with Crippen LogP contribution in [-0.4, -0.2) is 37.2 Å². The van der Waals surface area contributed by atoms with E-state index in [2.05, 4.69) is 81.5 Å². The zero-order valence-corrected chi connectivity index (χ0v) is 47.2. The van der Waals surface area contributed by atoms with Gasteiger partial charge < -0.3 is 14.2 Å². The first-order valence-corrected chi connectivity index (χ1v) is 30.8. The van der Waals surface area contributed by atoms with Gasteiger partial charge in [0.25, 0.3) is 0 Å². The molecule has 0 aliphatic heterocycles. The third-order valence-electron chi connectivity index (χ3n) is 13.5. The minimum atomic E-state index is -0.788. The van der Waals surface area contributed by atoms with Crippen LogP contribution in [0.5, 0.6) is 0 Å². The van der Waals surface area contributed by atoms with Crippen LogP contribution in [-0.2, 0) is 28.6 Å². The fourth-order valence-electron chi connectivity index (χ4n) is 8.90. The van der Waals surface area contributed by atoms with Gasteiger partial charge in [-0.3, -0.25) is 14.4 Å². The van der Waals surface area contributed by atoms with Crippen LogP contribution >= 0.6 is 0 Å². The molecule has 0 saturated carbocycles. The fraction of sp³-hybridized carbons (Fsp3) is 0.800. The Balaban J connectivity index is 4.33. The third kappa shape index (κ3) is 57.9. The lowest BCUT2D eigenvalue weighted by molar-refractivity contribution is -0.167. The smallest absolute Gasteiger partial charge is 0.306 e. The maximum Gasteiger partial charge on any atom is 0.306 e. The highest BCUT2D eigenvalue weighted by Crippen LogP contribution is 2.17. The van der Waals surface area contributed by atoms with E-state index in [4.69, 9.17) is 14.2 Å². The van der Waals surface area contributed by atoms with Crippen molar-refractivity contribution in [1.29, 1.82) is 0 Å². The number of allylic oxidation sites excluding steroid dienone is 10. The fourth-order valence-corrected chi connectivity index (χ4v) is 8.90. The Hall–Kier alpha value is -2.89. The predicted octanol–water partition coefficient (Wildman–Crippen LogP) is 20.8. The van der Waals surface area contributed by atoms with Crippen molar-refractivity contribution < 1.29 is 28.6 Å². The van der Waals surface area contributed by atoms with Crippen LogP contribution in [0.4, 0.5) is 0 Å². The van der Waals surface area contributed by atoms with Crippen molar-refractivity contribution in [2.75, 3.05) is 13.2 Å². The number of esters is 3. The SMILES string of the molecule is CC/C=C\C/C=C\C/C=C\CCCCCCCC(=O)OCC(COC(=O)CCCCCCCCCCCCCCCCCCCCCCCC)OC(=O)CCCCCCC/C=C\C/C=C\CCCCCC. The van der Waals surface area contributed by atoms with Gasteiger partial charge in [-0.1, -0.05) is 274 Å². The summed E-state index contributed by atoms with van der Waals surface area (Å²) in [6.07, 6.45) is 75.1. The Bertz CT molecular complexity index is 1280. The predicted molar refractivity (Wildman–Crippen MR) is 307 cm³/mol. The van der Waals surface area contributed by atoms with E-state index < -0.39 is 6.10 Å². The molecule has 0 N–H and O–H groups in total. The molecule has 0 saturated heterocycles. The highest BCUT2D eigenvalue weighted by molar-refractivity contribution is 5.71. The Morgan fingerprint density at radius 1 is 0.296 bits per heavy atom. The molecule has 0 bridgehead atoms. The summed E-state index contributed by atoms with van der Waals surface area (Å²) >= 11 is 0. The Morgan fingerprint density at radius 2 is 0.549 bits per heavy atom. The number of carbonyl (C=O) groups is 3. The molecule has 6 heteroatoms. The largest absolute Gasteiger partial charge is 0.462 e. The third-order valence-corrected chi connectivity index (χ3v) is 13.5. The zero-order valence-electron chi connectivity index (χ0n) is 47.2. The molecule has 1 atom stereocenters. The minimum absolute atomic E-state index is 0.0829. The molecule has 0 fully saturated rings. The van der Waals surface area contributed by atoms with Crippen LogP contribution in [0.2, 0.25) is 0 Å². The average Bonchev–Trinajstić information content (AvgIpc) is 3.37. The zero-order chi connectivity index (χ0) is 51.4. The number of hydrogen-bond donors (Lipinski definition) is 0. The van der Waals surface area contributed by atoms with Gasteiger partial charge in [0.1, 0.15) is 13.2 Å². The highest BCUT2D eigenvalue weighted by Gasteiger charge is 2.19. The van der Waals surface area contributed by atoms with E-state index in [1.165, 1.54) is 154 Å². The second kappa shape index (κ2) is 59.7. The summed E-state index contributed by atoms with van der Waals surface area (Å²) in [5.41, 5.74) is 0. The molecule has 0 heterocycles. The molecule has 6 nitrogen and oxygen atoms in total. The number of hydrogen-bond acceptors (Lipinski definition) is 6. The lowest BCUT2D eigenvalue weighted by atomic mass is 10.0. The molecule has 412 valence electrons. The van der Waals surface area contributed by atoms with Gasteiger partial charge in [-0.25, -0.2) is 0 Å². The van der Waals surface area contributed by atoms with Gasteiger partial charge in [-0.05, 0) is 83.5 Å². The molecule has 0 spiro atoms. The van der Waals surface area contributed by atoms with Gasteiger partial charge in [0.2, 0.25) is 0 Å². The van der Waals surface area contributed by atoms with Gasteiger partial charge in [0.05, 0.1) is 0 Å². The Kier molecular flexibility index (Phi) is 57.2. The summed E-state index contributed by atoms with van der Waals surface area (Å²) in [4.78, 5) is 38.2. The van der Waals surface area contributed by atoms with Crippen molar-refractivity contribution in [3.05, 3.63) is 60.8 Å². The first-order chi connectivity index (χ1) is 35.0. The standard InChI is InChI=1S/C65H116O6/c1-4-7-10-13-16-19-22-25-28-30-31-32-33-34-35-38-40-43-46-49-52-55-58-64(67)70-61-62(60-69-63(66)57-54-51-48-45-42-39-36-27-24-21-18-15-12-9-6-3)71-65(68)59-56-53-50-47-44-41-37-29-26-23-20-17-14-11-8-5-2/h9,12,18,20-21,23,27,29,36-37,62H,4-8,10-11,13-17,19,22,24-26,28,30-35,38-61H2,1-3H3/b12-9-,21-18-,23-20-,36-27-,37-29-. The average molecular weight is 994 g/mol. The molecule has 0 amide bonds. The van der Waals surface area contributed by atoms with Crippen molar-refractivity contribution >= 4 is 17.9 Å². The highest BCUT2D eigenvalue weighted by atomic mass is 16.6. The number of unbranched alkanes of at least 4 members (excludes halogenated alkanes) is 35. The topological polar surface area (TPSA) is 78.9 Å². The van der Waals surface area contributed by atoms with Gasteiger partial charge in [0.15, 0.2) is 6.10 Å². The first kappa shape index (κ1) is 68.1. The lowest BCUT2D eigenvalue weighted by Gasteiger charge is -2.18. The Morgan fingerprint density at radius 3 is 0.873 bits per heavy atom. The number of carbonyl (C=O) groups excluding carboxylic acids is 3. The molecule has 71 heavy (non-hydrogen) atoms. The van der Waals surface area contributed by atoms with E-state index in [1.807, 2.05) is 0 Å². The summed E-state index contributed by atoms with van der Waals surface area (Å²) in [5.74, 6) is -0.899. The van der Waals surface area contributed by atoms with Gasteiger partial charge in [0, 0.05) is 19.3 Å². The monoisotopic (exact) mass is 993 g/mol. The van der Waals surface area contributed by atoms with E-state index in [-0.39, 0.29) is 31.1 Å². The summed E-state index contributed by atoms with van der Waals surface area (Å²) in [6, 6.07) is 0. The molecule has 0 aliphatic rings. The van der Waals surface area contributed by atoms with Crippen molar-refractivity contribution in [2.24, 2.45) is 0 Å². The molecular weight excluding hydrogens is 877 g/mol. The molecule has 0 aliphatic carbocycles. The summed E-state index contributed by atoms with van der Waals surface area (Å²) in [6.45, 7) is 6.53. The lowest BCUT2D eigenvalue weighted by Crippen LogP contribution is -2.30. The first-order valence-electron chi connectivity index (χ1n) is 30.8. The summed E-state index contributed by atoms with van der Waals surface area (Å²) < 4.78 is 16.9. The molecular formula is C65H116O6. The summed E-state index contributed by atoms with van der Waals surface area (Å²) in [7, 11) is 0. The molecule has 0 aromatic rings. The molecule has 0 radical (unpaired) electrons. The van der Waals surface area contributed by atoms with Crippen molar-refractivity contribution in [2.45, 2.75) is 322 Å². The van der Waals surface area contributed by atoms with Crippen molar-refractivity contribution in [1.82, 2.24) is 0 Å². The molecule has 0 aromatic carbocycles. The van der Waals surface area contributed by atoms with E-state index in [0.717, 1.165) is 122 Å². The van der Waals surface area contributed by atoms with E-state index >= 15 is 0 Å². The second-order valence-electron chi connectivity index (χ2n) is 20.6. The Labute approximate surface area is 440 Å². The van der Waals surface area contributed by atoms with Crippen molar-refractivity contribution in [3.63, 3.8) is 0 Å². The van der Waals surface area contributed by atoms with Crippen LogP contribution in [0.25, 0.3) is 0 Å². The van der Waals surface area contributed by atoms with Gasteiger partial charge in [-0.15, -0.1) is 0 Å². The van der Waals surface area contributed by atoms with Crippen molar-refractivity contribution in [3.8, 4) is 0 Å². The van der Waals surface area contributed by atoms with Crippen LogP contribution < -0.4 is 0 Å². The quantitative estimate of drug-likeness (QED) is 0.0261. The number of rotatable bonds is 56. The number of ether oxygens (including phenoxy) is 3. The molecule has 0 aromatic heterocycles. The maximum atomic E-state index is 12.9. The van der Waals surface area contributed by atoms with Crippen LogP contribution in [0.1, 0.15) is 316 Å². The molecule has 0 rings (SSSR count). The maximum absolute atomic E-state index is 12.9. The summed E-state index contributed by atoms with van der Waals surface area (Å²) in [5, 5.41) is 0. The van der Waals surface area contributed by atoms with E-state index in [9.17, 15) is 14.4 Å².